The molecule has 0 radical (unpaired) electrons. The largest absolute Gasteiger partial charge is 0.465 e. The number of imidazole rings is 2. The lowest BCUT2D eigenvalue weighted by atomic mass is 10.0. The van der Waals surface area contributed by atoms with Gasteiger partial charge in [0.1, 0.15) is 17.7 Å². The van der Waals surface area contributed by atoms with Crippen molar-refractivity contribution in [3.8, 4) is 33.6 Å². The molecule has 3 amide bonds. The molecule has 6 aromatic rings. The number of nitrogens with one attached hydrogen (secondary N) is 3. The van der Waals surface area contributed by atoms with Crippen molar-refractivity contribution in [2.75, 3.05) is 26.2 Å². The van der Waals surface area contributed by atoms with Gasteiger partial charge >= 0.3 is 6.09 Å². The van der Waals surface area contributed by atoms with E-state index in [4.69, 9.17) is 4.98 Å². The van der Waals surface area contributed by atoms with E-state index in [1.807, 2.05) is 23.2 Å². The molecule has 3 aliphatic heterocycles. The van der Waals surface area contributed by atoms with Crippen molar-refractivity contribution >= 4 is 17.9 Å². The van der Waals surface area contributed by atoms with Crippen LogP contribution in [-0.2, 0) is 22.6 Å². The molecular weight excluding hydrogens is 753 g/mol. The maximum atomic E-state index is 13.8. The van der Waals surface area contributed by atoms with E-state index in [1.54, 1.807) is 35.4 Å². The summed E-state index contributed by atoms with van der Waals surface area (Å²) in [5.41, 5.74) is 8.89. The molecule has 9 rings (SSSR count). The van der Waals surface area contributed by atoms with Crippen molar-refractivity contribution in [1.29, 1.82) is 0 Å². The topological polar surface area (TPSA) is 151 Å². The highest BCUT2D eigenvalue weighted by Crippen LogP contribution is 2.36. The molecule has 4 N–H and O–H groups in total. The Labute approximate surface area is 349 Å². The molecule has 12 nitrogen and oxygen atoms in total. The Hall–Kier alpha value is -6.53. The quantitative estimate of drug-likeness (QED) is 0.0972. The molecule has 2 aromatic heterocycles. The maximum absolute atomic E-state index is 13.8. The highest BCUT2D eigenvalue weighted by Gasteiger charge is 2.37. The van der Waals surface area contributed by atoms with Gasteiger partial charge in [-0.3, -0.25) is 14.5 Å². The molecule has 0 unspecified atom stereocenters. The third kappa shape index (κ3) is 8.33. The van der Waals surface area contributed by atoms with Gasteiger partial charge in [0.25, 0.3) is 5.91 Å². The summed E-state index contributed by atoms with van der Waals surface area (Å²) in [6.45, 7) is 4.43. The van der Waals surface area contributed by atoms with Crippen LogP contribution in [0.15, 0.2) is 116 Å². The number of benzene rings is 4. The van der Waals surface area contributed by atoms with Crippen molar-refractivity contribution < 1.29 is 19.5 Å². The number of nitrogens with zero attached hydrogens (tertiary/aromatic N) is 5. The van der Waals surface area contributed by atoms with Crippen LogP contribution in [0, 0.1) is 0 Å². The second kappa shape index (κ2) is 17.4. The Kier molecular flexibility index (Phi) is 11.3. The predicted molar refractivity (Wildman–Crippen MR) is 229 cm³/mol. The summed E-state index contributed by atoms with van der Waals surface area (Å²) in [5, 5.41) is 11.9. The predicted octanol–water partition coefficient (Wildman–Crippen LogP) is 8.31. The number of carbonyl (C=O) groups excluding carboxylic acids is 2. The Balaban J connectivity index is 0.836. The highest BCUT2D eigenvalue weighted by atomic mass is 16.4. The van der Waals surface area contributed by atoms with E-state index in [9.17, 15) is 19.5 Å². The zero-order valence-corrected chi connectivity index (χ0v) is 33.6. The molecule has 0 spiro atoms. The lowest BCUT2D eigenvalue weighted by Crippen LogP contribution is -2.42. The second-order valence-electron chi connectivity index (χ2n) is 16.2. The molecule has 306 valence electrons. The van der Waals surface area contributed by atoms with E-state index in [0.29, 0.717) is 24.4 Å². The van der Waals surface area contributed by atoms with Crippen molar-refractivity contribution in [2.45, 2.75) is 69.6 Å². The van der Waals surface area contributed by atoms with Crippen LogP contribution in [-0.4, -0.2) is 83.8 Å². The van der Waals surface area contributed by atoms with E-state index in [-0.39, 0.29) is 23.9 Å². The minimum Gasteiger partial charge on any atom is -0.465 e. The molecule has 60 heavy (non-hydrogen) atoms. The van der Waals surface area contributed by atoms with Crippen molar-refractivity contribution in [1.82, 2.24) is 40.0 Å². The summed E-state index contributed by atoms with van der Waals surface area (Å²) < 4.78 is 0. The minimum absolute atomic E-state index is 0.0616. The first-order valence-corrected chi connectivity index (χ1v) is 21.1. The molecule has 3 fully saturated rings. The number of hydrogen-bond acceptors (Lipinski definition) is 6. The molecule has 4 aromatic carbocycles. The average molecular weight is 803 g/mol. The summed E-state index contributed by atoms with van der Waals surface area (Å²) in [6, 6.07) is 32.7. The second-order valence-corrected chi connectivity index (χ2v) is 16.2. The van der Waals surface area contributed by atoms with Gasteiger partial charge in [0.05, 0.1) is 42.3 Å². The number of carbonyl (C=O) groups is 3. The first-order valence-electron chi connectivity index (χ1n) is 21.1. The van der Waals surface area contributed by atoms with Gasteiger partial charge in [0.15, 0.2) is 0 Å². The Morgan fingerprint density at radius 2 is 1.15 bits per heavy atom. The highest BCUT2D eigenvalue weighted by molar-refractivity contribution is 5.87. The number of carboxylic acid groups (broad SMARTS) is 1. The number of aromatic amines is 2. The molecule has 3 aliphatic rings. The zero-order chi connectivity index (χ0) is 41.0. The molecule has 0 bridgehead atoms. The minimum atomic E-state index is -1.25. The number of amides is 3. The Morgan fingerprint density at radius 1 is 0.633 bits per heavy atom. The summed E-state index contributed by atoms with van der Waals surface area (Å²) in [4.78, 5) is 61.8. The Morgan fingerprint density at radius 3 is 1.73 bits per heavy atom. The summed E-state index contributed by atoms with van der Waals surface area (Å²) >= 11 is 0. The molecule has 0 saturated carbocycles. The van der Waals surface area contributed by atoms with Crippen LogP contribution >= 0.6 is 0 Å². The fraction of sp³-hybridized carbons (Fsp3) is 0.312. The van der Waals surface area contributed by atoms with Crippen LogP contribution in [0.4, 0.5) is 4.79 Å². The number of likely N-dealkylation sites (tertiary alicyclic amines) is 3. The number of hydrogen-bond donors (Lipinski definition) is 4. The van der Waals surface area contributed by atoms with Crippen LogP contribution in [0.2, 0.25) is 0 Å². The van der Waals surface area contributed by atoms with Crippen LogP contribution in [0.5, 0.6) is 0 Å². The van der Waals surface area contributed by atoms with E-state index >= 15 is 0 Å². The smallest absolute Gasteiger partial charge is 0.405 e. The normalized spacial score (nSPS) is 18.5. The van der Waals surface area contributed by atoms with E-state index < -0.39 is 12.1 Å². The van der Waals surface area contributed by atoms with E-state index in [0.717, 1.165) is 96.9 Å². The third-order valence-corrected chi connectivity index (χ3v) is 12.4. The number of H-pyrrole nitrogens is 2. The van der Waals surface area contributed by atoms with E-state index in [1.165, 1.54) is 18.4 Å². The van der Waals surface area contributed by atoms with E-state index in [2.05, 4.69) is 91.9 Å². The lowest BCUT2D eigenvalue weighted by Gasteiger charge is -2.28. The van der Waals surface area contributed by atoms with Gasteiger partial charge in [-0.2, -0.15) is 0 Å². The molecule has 3 atom stereocenters. The molecule has 0 aliphatic carbocycles. The number of aromatic nitrogens is 4. The standard InChI is InChI=1S/C48H50N8O4/c57-43(28-37-12-4-5-13-38(37)31-54-24-6-7-25-54)55-26-8-14-41(55)45-49-29-39(51-45)34-20-16-32(17-21-34)33-18-22-35(23-19-33)40-30-50-46(52-40)42-15-9-27-56(42)47(58)44(53-48(59)60)36-10-2-1-3-11-36/h1-5,10-13,16-23,29-30,41-42,44,53H,6-9,14-15,24-28,31H2,(H,49,51)(H,50,52)(H,59,60)/t41-,42-,44+/m0/s1. The van der Waals surface area contributed by atoms with Crippen molar-refractivity contribution in [3.63, 3.8) is 0 Å². The third-order valence-electron chi connectivity index (χ3n) is 12.4. The SMILES string of the molecule is O=C(O)N[C@@H](C(=O)N1CCC[C@H]1c1ncc(-c2ccc(-c3ccc(-c4cnc([C@@H]5CCCN5C(=O)Cc5ccccc5CN5CCCC5)[nH]4)cc3)cc2)[nH]1)c1ccccc1. The van der Waals surface area contributed by atoms with Crippen molar-refractivity contribution in [3.05, 3.63) is 144 Å². The van der Waals surface area contributed by atoms with Crippen molar-refractivity contribution in [2.24, 2.45) is 0 Å². The lowest BCUT2D eigenvalue weighted by molar-refractivity contribution is -0.134. The zero-order valence-electron chi connectivity index (χ0n) is 33.6. The molecular formula is C48H50N8O4. The maximum Gasteiger partial charge on any atom is 0.405 e. The fourth-order valence-electron chi connectivity index (χ4n) is 9.21. The van der Waals surface area contributed by atoms with Crippen LogP contribution in [0.1, 0.15) is 85.0 Å². The van der Waals surface area contributed by atoms with Gasteiger partial charge in [-0.05, 0) is 90.6 Å². The van der Waals surface area contributed by atoms with Gasteiger partial charge in [0.2, 0.25) is 5.91 Å². The fourth-order valence-corrected chi connectivity index (χ4v) is 9.21. The summed E-state index contributed by atoms with van der Waals surface area (Å²) in [7, 11) is 0. The molecule has 5 heterocycles. The van der Waals surface area contributed by atoms with Crippen LogP contribution in [0.3, 0.4) is 0 Å². The Bertz CT molecular complexity index is 2440. The molecule has 3 saturated heterocycles. The van der Waals surface area contributed by atoms with Gasteiger partial charge < -0.3 is 30.2 Å². The van der Waals surface area contributed by atoms with Gasteiger partial charge in [-0.1, -0.05) is 103 Å². The van der Waals surface area contributed by atoms with Gasteiger partial charge in [-0.25, -0.2) is 14.8 Å². The summed E-state index contributed by atoms with van der Waals surface area (Å²) in [5.74, 6) is 1.38. The van der Waals surface area contributed by atoms with Crippen LogP contribution < -0.4 is 5.32 Å². The molecule has 12 heteroatoms. The average Bonchev–Trinajstić information content (AvgIpc) is 4.14. The summed E-state index contributed by atoms with van der Waals surface area (Å²) in [6.07, 6.45) is 8.70. The monoisotopic (exact) mass is 802 g/mol. The first-order chi connectivity index (χ1) is 29.4. The first kappa shape index (κ1) is 39.0. The van der Waals surface area contributed by atoms with Gasteiger partial charge in [0, 0.05) is 19.6 Å². The van der Waals surface area contributed by atoms with Gasteiger partial charge in [-0.15, -0.1) is 0 Å². The van der Waals surface area contributed by atoms with Crippen LogP contribution in [0.25, 0.3) is 33.6 Å². The number of rotatable bonds is 12.